The zero-order chi connectivity index (χ0) is 10.8. The standard InChI is InChI=1S/C12H18BrNS/c1-8-3-5-11(9(8)2)14-7-10-4-6-12(13)15-10/h4,6,8-9,11,14H,3,5,7H2,1-2H3. The molecule has 0 bridgehead atoms. The zero-order valence-electron chi connectivity index (χ0n) is 9.29. The molecule has 0 radical (unpaired) electrons. The van der Waals surface area contributed by atoms with E-state index in [9.17, 15) is 0 Å². The van der Waals surface area contributed by atoms with E-state index in [1.54, 1.807) is 0 Å². The van der Waals surface area contributed by atoms with Crippen molar-refractivity contribution in [2.45, 2.75) is 39.3 Å². The minimum Gasteiger partial charge on any atom is -0.309 e. The second-order valence-corrected chi connectivity index (χ2v) is 7.15. The van der Waals surface area contributed by atoms with Gasteiger partial charge < -0.3 is 5.32 Å². The van der Waals surface area contributed by atoms with Crippen LogP contribution in [0, 0.1) is 11.8 Å². The Kier molecular flexibility index (Phi) is 3.86. The first-order valence-corrected chi connectivity index (χ1v) is 7.25. The van der Waals surface area contributed by atoms with Gasteiger partial charge in [-0.1, -0.05) is 13.8 Å². The molecule has 1 nitrogen and oxygen atoms in total. The Morgan fingerprint density at radius 3 is 2.73 bits per heavy atom. The minimum absolute atomic E-state index is 0.723. The quantitative estimate of drug-likeness (QED) is 0.885. The molecule has 1 aromatic rings. The molecule has 3 unspecified atom stereocenters. The highest BCUT2D eigenvalue weighted by atomic mass is 79.9. The number of hydrogen-bond acceptors (Lipinski definition) is 2. The first kappa shape index (κ1) is 11.6. The highest BCUT2D eigenvalue weighted by molar-refractivity contribution is 9.11. The van der Waals surface area contributed by atoms with Gasteiger partial charge in [-0.3, -0.25) is 0 Å². The van der Waals surface area contributed by atoms with E-state index in [0.717, 1.165) is 24.4 Å². The van der Waals surface area contributed by atoms with Gasteiger partial charge in [0.05, 0.1) is 3.79 Å². The predicted octanol–water partition coefficient (Wildman–Crippen LogP) is 4.03. The van der Waals surface area contributed by atoms with Gasteiger partial charge in [-0.2, -0.15) is 0 Å². The molecule has 84 valence electrons. The van der Waals surface area contributed by atoms with Crippen LogP contribution in [0.2, 0.25) is 0 Å². The molecule has 1 aromatic heterocycles. The monoisotopic (exact) mass is 287 g/mol. The lowest BCUT2D eigenvalue weighted by molar-refractivity contribution is 0.370. The van der Waals surface area contributed by atoms with Crippen molar-refractivity contribution in [1.82, 2.24) is 5.32 Å². The smallest absolute Gasteiger partial charge is 0.0701 e. The number of halogens is 1. The van der Waals surface area contributed by atoms with Crippen LogP contribution in [0.15, 0.2) is 15.9 Å². The summed E-state index contributed by atoms with van der Waals surface area (Å²) < 4.78 is 1.23. The van der Waals surface area contributed by atoms with Crippen molar-refractivity contribution >= 4 is 27.3 Å². The van der Waals surface area contributed by atoms with E-state index in [4.69, 9.17) is 0 Å². The molecular formula is C12H18BrNS. The lowest BCUT2D eigenvalue weighted by Crippen LogP contribution is -2.31. The summed E-state index contributed by atoms with van der Waals surface area (Å²) in [5.41, 5.74) is 0. The van der Waals surface area contributed by atoms with Crippen LogP contribution >= 0.6 is 27.3 Å². The SMILES string of the molecule is CC1CCC(NCc2ccc(Br)s2)C1C. The average Bonchev–Trinajstić information content (AvgIpc) is 2.74. The van der Waals surface area contributed by atoms with Crippen LogP contribution in [0.25, 0.3) is 0 Å². The number of rotatable bonds is 3. The predicted molar refractivity (Wildman–Crippen MR) is 70.2 cm³/mol. The van der Waals surface area contributed by atoms with Crippen LogP contribution in [0.5, 0.6) is 0 Å². The summed E-state index contributed by atoms with van der Waals surface area (Å²) in [6.07, 6.45) is 2.72. The number of nitrogens with one attached hydrogen (secondary N) is 1. The summed E-state index contributed by atoms with van der Waals surface area (Å²) in [7, 11) is 0. The Morgan fingerprint density at radius 1 is 1.40 bits per heavy atom. The van der Waals surface area contributed by atoms with Gasteiger partial charge in [0, 0.05) is 17.5 Å². The molecule has 1 N–H and O–H groups in total. The second-order valence-electron chi connectivity index (χ2n) is 4.61. The van der Waals surface area contributed by atoms with Crippen molar-refractivity contribution in [3.05, 3.63) is 20.8 Å². The van der Waals surface area contributed by atoms with E-state index >= 15 is 0 Å². The van der Waals surface area contributed by atoms with Gasteiger partial charge in [0.25, 0.3) is 0 Å². The third-order valence-corrected chi connectivity index (χ3v) is 5.26. The first-order chi connectivity index (χ1) is 7.16. The molecule has 1 saturated carbocycles. The molecule has 3 atom stereocenters. The van der Waals surface area contributed by atoms with Crippen LogP contribution in [0.3, 0.4) is 0 Å². The van der Waals surface area contributed by atoms with Crippen LogP contribution in [-0.4, -0.2) is 6.04 Å². The Morgan fingerprint density at radius 2 is 2.20 bits per heavy atom. The summed E-state index contributed by atoms with van der Waals surface area (Å²) >= 11 is 5.33. The molecule has 1 aliphatic carbocycles. The molecule has 0 spiro atoms. The van der Waals surface area contributed by atoms with E-state index in [0.29, 0.717) is 0 Å². The molecule has 0 aromatic carbocycles. The van der Waals surface area contributed by atoms with Gasteiger partial charge in [0.1, 0.15) is 0 Å². The topological polar surface area (TPSA) is 12.0 Å². The molecule has 3 heteroatoms. The normalized spacial score (nSPS) is 31.0. The van der Waals surface area contributed by atoms with Crippen LogP contribution in [-0.2, 0) is 6.54 Å². The van der Waals surface area contributed by atoms with E-state index in [1.807, 2.05) is 11.3 Å². The van der Waals surface area contributed by atoms with Gasteiger partial charge >= 0.3 is 0 Å². The van der Waals surface area contributed by atoms with Crippen molar-refractivity contribution < 1.29 is 0 Å². The maximum Gasteiger partial charge on any atom is 0.0701 e. The maximum atomic E-state index is 3.68. The van der Waals surface area contributed by atoms with Gasteiger partial charge in [0.2, 0.25) is 0 Å². The highest BCUT2D eigenvalue weighted by Crippen LogP contribution is 2.31. The maximum absolute atomic E-state index is 3.68. The molecule has 1 fully saturated rings. The van der Waals surface area contributed by atoms with E-state index in [1.165, 1.54) is 21.5 Å². The van der Waals surface area contributed by atoms with Crippen LogP contribution < -0.4 is 5.32 Å². The van der Waals surface area contributed by atoms with E-state index in [2.05, 4.69) is 47.2 Å². The second kappa shape index (κ2) is 4.98. The van der Waals surface area contributed by atoms with Crippen molar-refractivity contribution in [3.63, 3.8) is 0 Å². The largest absolute Gasteiger partial charge is 0.309 e. The third kappa shape index (κ3) is 2.83. The van der Waals surface area contributed by atoms with E-state index in [-0.39, 0.29) is 0 Å². The summed E-state index contributed by atoms with van der Waals surface area (Å²) in [6, 6.07) is 5.05. The zero-order valence-corrected chi connectivity index (χ0v) is 11.7. The summed E-state index contributed by atoms with van der Waals surface area (Å²) in [5.74, 6) is 1.71. The van der Waals surface area contributed by atoms with Gasteiger partial charge in [-0.05, 0) is 52.7 Å². The van der Waals surface area contributed by atoms with Gasteiger partial charge in [-0.25, -0.2) is 0 Å². The average molecular weight is 288 g/mol. The summed E-state index contributed by atoms with van der Waals surface area (Å²) in [4.78, 5) is 1.42. The number of thiophene rings is 1. The van der Waals surface area contributed by atoms with Crippen molar-refractivity contribution in [1.29, 1.82) is 0 Å². The lowest BCUT2D eigenvalue weighted by Gasteiger charge is -2.19. The molecule has 0 amide bonds. The van der Waals surface area contributed by atoms with Gasteiger partial charge in [-0.15, -0.1) is 11.3 Å². The first-order valence-electron chi connectivity index (χ1n) is 5.64. The molecule has 1 aliphatic rings. The molecule has 0 aliphatic heterocycles. The van der Waals surface area contributed by atoms with Gasteiger partial charge in [0.15, 0.2) is 0 Å². The molecule has 2 rings (SSSR count). The molecule has 15 heavy (non-hydrogen) atoms. The fourth-order valence-electron chi connectivity index (χ4n) is 2.33. The Bertz CT molecular complexity index is 323. The minimum atomic E-state index is 0.723. The van der Waals surface area contributed by atoms with E-state index < -0.39 is 0 Å². The third-order valence-electron chi connectivity index (χ3n) is 3.63. The summed E-state index contributed by atoms with van der Waals surface area (Å²) in [5, 5.41) is 3.68. The van der Waals surface area contributed by atoms with Crippen LogP contribution in [0.1, 0.15) is 31.6 Å². The van der Waals surface area contributed by atoms with Crippen molar-refractivity contribution in [2.24, 2.45) is 11.8 Å². The van der Waals surface area contributed by atoms with Crippen molar-refractivity contribution in [3.8, 4) is 0 Å². The van der Waals surface area contributed by atoms with Crippen LogP contribution in [0.4, 0.5) is 0 Å². The summed E-state index contributed by atoms with van der Waals surface area (Å²) in [6.45, 7) is 5.77. The Hall–Kier alpha value is 0.140. The molecule has 1 heterocycles. The fraction of sp³-hybridized carbons (Fsp3) is 0.667. The molecular weight excluding hydrogens is 270 g/mol. The Labute approximate surface area is 104 Å². The fourth-order valence-corrected chi connectivity index (χ4v) is 3.77. The lowest BCUT2D eigenvalue weighted by atomic mass is 9.98. The highest BCUT2D eigenvalue weighted by Gasteiger charge is 2.28. The van der Waals surface area contributed by atoms with Crippen molar-refractivity contribution in [2.75, 3.05) is 0 Å². The molecule has 0 saturated heterocycles. The number of hydrogen-bond donors (Lipinski definition) is 1. The Balaban J connectivity index is 1.83.